The van der Waals surface area contributed by atoms with Gasteiger partial charge in [0.1, 0.15) is 10.6 Å². The second-order valence-electron chi connectivity index (χ2n) is 4.47. The summed E-state index contributed by atoms with van der Waals surface area (Å²) >= 11 is 1.16. The van der Waals surface area contributed by atoms with E-state index >= 15 is 0 Å². The van der Waals surface area contributed by atoms with Crippen molar-refractivity contribution >= 4 is 34.4 Å². The number of nitrogens with one attached hydrogen (secondary N) is 1. The highest BCUT2D eigenvalue weighted by atomic mass is 32.1. The number of carbonyl (C=O) groups excluding carboxylic acids is 2. The minimum Gasteiger partial charge on any atom is -0.465 e. The first-order chi connectivity index (χ1) is 9.97. The third-order valence-electron chi connectivity index (χ3n) is 2.57. The summed E-state index contributed by atoms with van der Waals surface area (Å²) in [5, 5.41) is 3.02. The molecule has 0 aliphatic carbocycles. The Hall–Kier alpha value is -2.41. The molecule has 2 heterocycles. The van der Waals surface area contributed by atoms with Gasteiger partial charge in [-0.05, 0) is 25.1 Å². The minimum atomic E-state index is -0.330. The Balaban J connectivity index is 2.05. The van der Waals surface area contributed by atoms with E-state index in [1.807, 2.05) is 0 Å². The number of aryl methyl sites for hydroxylation is 1. The monoisotopic (exact) mass is 305 g/mol. The number of anilines is 1. The molecule has 0 fully saturated rings. The van der Waals surface area contributed by atoms with Crippen molar-refractivity contribution in [2.45, 2.75) is 6.92 Å². The van der Waals surface area contributed by atoms with Crippen molar-refractivity contribution in [3.8, 4) is 0 Å². The molecule has 0 saturated heterocycles. The van der Waals surface area contributed by atoms with Crippen molar-refractivity contribution in [2.24, 2.45) is 0 Å². The topological polar surface area (TPSA) is 75.4 Å². The molecule has 6 nitrogen and oxygen atoms in total. The van der Waals surface area contributed by atoms with Gasteiger partial charge in [0.05, 0.1) is 12.0 Å². The minimum absolute atomic E-state index is 0.128. The van der Waals surface area contributed by atoms with E-state index in [1.165, 1.54) is 17.2 Å². The largest absolute Gasteiger partial charge is 0.465 e. The molecule has 0 atom stereocenters. The van der Waals surface area contributed by atoms with Crippen LogP contribution < -0.4 is 5.32 Å². The number of furan rings is 1. The standard InChI is InChI=1S/C14H15N3O3S/c1-9-12(13(19)17(2)3)21-14(15-9)16-11(18)7-6-10-5-4-8-20-10/h4-8H,1-3H3,(H,15,16,18)/b7-6+. The summed E-state index contributed by atoms with van der Waals surface area (Å²) in [4.78, 5) is 29.8. The molecule has 2 aromatic heterocycles. The Morgan fingerprint density at radius 3 is 2.81 bits per heavy atom. The maximum atomic E-state index is 11.9. The highest BCUT2D eigenvalue weighted by molar-refractivity contribution is 7.17. The molecule has 0 spiro atoms. The summed E-state index contributed by atoms with van der Waals surface area (Å²) in [6, 6.07) is 3.48. The van der Waals surface area contributed by atoms with Gasteiger partial charge < -0.3 is 9.32 Å². The van der Waals surface area contributed by atoms with Gasteiger partial charge in [-0.2, -0.15) is 0 Å². The summed E-state index contributed by atoms with van der Waals surface area (Å²) < 4.78 is 5.09. The van der Waals surface area contributed by atoms with Crippen LogP contribution in [-0.4, -0.2) is 35.8 Å². The van der Waals surface area contributed by atoms with E-state index < -0.39 is 0 Å². The lowest BCUT2D eigenvalue weighted by Crippen LogP contribution is -2.21. The smallest absolute Gasteiger partial charge is 0.265 e. The number of hydrogen-bond acceptors (Lipinski definition) is 5. The van der Waals surface area contributed by atoms with Crippen LogP contribution in [0.4, 0.5) is 5.13 Å². The van der Waals surface area contributed by atoms with Gasteiger partial charge in [0.15, 0.2) is 5.13 Å². The molecule has 0 saturated carbocycles. The number of amides is 2. The van der Waals surface area contributed by atoms with E-state index in [4.69, 9.17) is 4.42 Å². The second kappa shape index (κ2) is 6.36. The molecular formula is C14H15N3O3S. The van der Waals surface area contributed by atoms with Crippen LogP contribution in [-0.2, 0) is 4.79 Å². The fourth-order valence-corrected chi connectivity index (χ4v) is 2.53. The van der Waals surface area contributed by atoms with Crippen LogP contribution in [0.2, 0.25) is 0 Å². The number of nitrogens with zero attached hydrogens (tertiary/aromatic N) is 2. The Kier molecular flexibility index (Phi) is 4.54. The molecule has 2 aromatic rings. The van der Waals surface area contributed by atoms with Crippen molar-refractivity contribution in [1.82, 2.24) is 9.88 Å². The van der Waals surface area contributed by atoms with Crippen molar-refractivity contribution in [1.29, 1.82) is 0 Å². The zero-order valence-electron chi connectivity index (χ0n) is 11.9. The van der Waals surface area contributed by atoms with E-state index in [9.17, 15) is 9.59 Å². The Labute approximate surface area is 126 Å². The van der Waals surface area contributed by atoms with Crippen LogP contribution in [0.3, 0.4) is 0 Å². The van der Waals surface area contributed by atoms with E-state index in [1.54, 1.807) is 39.2 Å². The maximum absolute atomic E-state index is 11.9. The summed E-state index contributed by atoms with van der Waals surface area (Å²) in [6.45, 7) is 1.74. The lowest BCUT2D eigenvalue weighted by atomic mass is 10.3. The zero-order valence-corrected chi connectivity index (χ0v) is 12.7. The van der Waals surface area contributed by atoms with Crippen LogP contribution >= 0.6 is 11.3 Å². The number of thiazole rings is 1. The number of carbonyl (C=O) groups is 2. The van der Waals surface area contributed by atoms with Crippen molar-refractivity contribution in [3.63, 3.8) is 0 Å². The molecule has 21 heavy (non-hydrogen) atoms. The fourth-order valence-electron chi connectivity index (χ4n) is 1.54. The normalized spacial score (nSPS) is 10.8. The second-order valence-corrected chi connectivity index (χ2v) is 5.47. The van der Waals surface area contributed by atoms with Crippen molar-refractivity contribution in [3.05, 3.63) is 40.8 Å². The van der Waals surface area contributed by atoms with Gasteiger partial charge in [-0.1, -0.05) is 11.3 Å². The Morgan fingerprint density at radius 1 is 1.43 bits per heavy atom. The van der Waals surface area contributed by atoms with E-state index in [0.717, 1.165) is 11.3 Å². The predicted octanol–water partition coefficient (Wildman–Crippen LogP) is 2.40. The van der Waals surface area contributed by atoms with E-state index in [2.05, 4.69) is 10.3 Å². The molecule has 110 valence electrons. The number of hydrogen-bond donors (Lipinski definition) is 1. The first kappa shape index (κ1) is 15.0. The van der Waals surface area contributed by atoms with Crippen LogP contribution in [0.15, 0.2) is 28.9 Å². The predicted molar refractivity (Wildman–Crippen MR) is 81.2 cm³/mol. The lowest BCUT2D eigenvalue weighted by Gasteiger charge is -2.07. The summed E-state index contributed by atoms with van der Waals surface area (Å²) in [5.41, 5.74) is 0.601. The molecule has 7 heteroatoms. The molecule has 0 bridgehead atoms. The van der Waals surface area contributed by atoms with Gasteiger partial charge in [-0.3, -0.25) is 14.9 Å². The quantitative estimate of drug-likeness (QED) is 0.880. The number of aromatic nitrogens is 1. The van der Waals surface area contributed by atoms with Crippen LogP contribution in [0.1, 0.15) is 21.1 Å². The molecular weight excluding hydrogens is 290 g/mol. The highest BCUT2D eigenvalue weighted by Gasteiger charge is 2.17. The molecule has 2 amide bonds. The Morgan fingerprint density at radius 2 is 2.19 bits per heavy atom. The first-order valence-electron chi connectivity index (χ1n) is 6.19. The van der Waals surface area contributed by atoms with Crippen LogP contribution in [0, 0.1) is 6.92 Å². The van der Waals surface area contributed by atoms with Gasteiger partial charge in [-0.25, -0.2) is 4.98 Å². The summed E-state index contributed by atoms with van der Waals surface area (Å²) in [6.07, 6.45) is 4.44. The molecule has 1 N–H and O–H groups in total. The van der Waals surface area contributed by atoms with Gasteiger partial charge >= 0.3 is 0 Å². The van der Waals surface area contributed by atoms with E-state index in [0.29, 0.717) is 21.5 Å². The molecule has 0 aliphatic heterocycles. The lowest BCUT2D eigenvalue weighted by molar-refractivity contribution is -0.111. The average Bonchev–Trinajstić information content (AvgIpc) is 3.05. The van der Waals surface area contributed by atoms with E-state index in [-0.39, 0.29) is 11.8 Å². The average molecular weight is 305 g/mol. The van der Waals surface area contributed by atoms with Crippen LogP contribution in [0.25, 0.3) is 6.08 Å². The highest BCUT2D eigenvalue weighted by Crippen LogP contribution is 2.23. The molecule has 2 rings (SSSR count). The summed E-state index contributed by atoms with van der Waals surface area (Å²) in [5.74, 6) is 0.129. The molecule has 0 aromatic carbocycles. The van der Waals surface area contributed by atoms with Gasteiger partial charge in [0, 0.05) is 20.2 Å². The van der Waals surface area contributed by atoms with Crippen LogP contribution in [0.5, 0.6) is 0 Å². The van der Waals surface area contributed by atoms with Gasteiger partial charge in [0.2, 0.25) is 5.91 Å². The maximum Gasteiger partial charge on any atom is 0.265 e. The SMILES string of the molecule is Cc1nc(NC(=O)/C=C/c2ccco2)sc1C(=O)N(C)C. The molecule has 0 radical (unpaired) electrons. The zero-order chi connectivity index (χ0) is 15.4. The van der Waals surface area contributed by atoms with Crippen molar-refractivity contribution in [2.75, 3.05) is 19.4 Å². The Bertz CT molecular complexity index is 672. The summed E-state index contributed by atoms with van der Waals surface area (Å²) in [7, 11) is 3.34. The van der Waals surface area contributed by atoms with Gasteiger partial charge in [0.25, 0.3) is 5.91 Å². The third kappa shape index (κ3) is 3.79. The molecule has 0 unspecified atom stereocenters. The number of rotatable bonds is 4. The molecule has 0 aliphatic rings. The fraction of sp³-hybridized carbons (Fsp3) is 0.214. The van der Waals surface area contributed by atoms with Gasteiger partial charge in [-0.15, -0.1) is 0 Å². The first-order valence-corrected chi connectivity index (χ1v) is 7.00. The third-order valence-corrected chi connectivity index (χ3v) is 3.63. The van der Waals surface area contributed by atoms with Crippen molar-refractivity contribution < 1.29 is 14.0 Å².